The molecule has 0 aliphatic rings. The van der Waals surface area contributed by atoms with E-state index in [1.54, 1.807) is 24.8 Å². The number of hydrogen-bond acceptors (Lipinski definition) is 2. The number of hydrogen-bond donors (Lipinski definition) is 0. The zero-order valence-electron chi connectivity index (χ0n) is 8.96. The average Bonchev–Trinajstić information content (AvgIpc) is 2.19. The summed E-state index contributed by atoms with van der Waals surface area (Å²) in [6.07, 6.45) is 2.02. The van der Waals surface area contributed by atoms with E-state index in [9.17, 15) is 8.78 Å². The summed E-state index contributed by atoms with van der Waals surface area (Å²) in [6, 6.07) is 5.31. The van der Waals surface area contributed by atoms with E-state index in [1.807, 2.05) is 18.4 Å². The maximum absolute atomic E-state index is 12.0. The molecule has 0 saturated heterocycles. The molecule has 1 unspecified atom stereocenters. The monoisotopic (exact) mass is 232 g/mol. The quantitative estimate of drug-likeness (QED) is 0.775. The van der Waals surface area contributed by atoms with Crippen molar-refractivity contribution >= 4 is 11.8 Å². The molecule has 0 N–H and O–H groups in total. The van der Waals surface area contributed by atoms with Crippen LogP contribution in [0.2, 0.25) is 0 Å². The summed E-state index contributed by atoms with van der Waals surface area (Å²) < 4.78 is 28.4. The Bertz CT molecular complexity index is 328. The van der Waals surface area contributed by atoms with Crippen LogP contribution in [0.25, 0.3) is 0 Å². The first-order valence-electron chi connectivity index (χ1n) is 4.62. The van der Waals surface area contributed by atoms with E-state index in [4.69, 9.17) is 0 Å². The van der Waals surface area contributed by atoms with E-state index in [2.05, 4.69) is 11.7 Å². The fourth-order valence-corrected chi connectivity index (χ4v) is 1.71. The van der Waals surface area contributed by atoms with Crippen molar-refractivity contribution in [3.05, 3.63) is 29.3 Å². The molecule has 15 heavy (non-hydrogen) atoms. The van der Waals surface area contributed by atoms with Crippen LogP contribution in [0, 0.1) is 6.92 Å². The third-order valence-corrected chi connectivity index (χ3v) is 3.22. The predicted molar refractivity (Wildman–Crippen MR) is 59.7 cm³/mol. The number of benzene rings is 1. The molecule has 0 amide bonds. The van der Waals surface area contributed by atoms with Gasteiger partial charge in [-0.1, -0.05) is 12.1 Å². The lowest BCUT2D eigenvalue weighted by Gasteiger charge is -2.12. The Morgan fingerprint density at radius 2 is 2.00 bits per heavy atom. The van der Waals surface area contributed by atoms with E-state index >= 15 is 0 Å². The molecule has 1 atom stereocenters. The van der Waals surface area contributed by atoms with Gasteiger partial charge in [-0.3, -0.25) is 0 Å². The molecule has 0 aromatic heterocycles. The second kappa shape index (κ2) is 5.35. The van der Waals surface area contributed by atoms with Gasteiger partial charge in [-0.05, 0) is 37.3 Å². The highest BCUT2D eigenvalue weighted by Gasteiger charge is 2.09. The maximum atomic E-state index is 12.0. The number of rotatable bonds is 4. The third-order valence-electron chi connectivity index (χ3n) is 2.24. The van der Waals surface area contributed by atoms with Gasteiger partial charge in [-0.25, -0.2) is 0 Å². The Balaban J connectivity index is 2.88. The summed E-state index contributed by atoms with van der Waals surface area (Å²) in [7, 11) is 0. The molecule has 4 heteroatoms. The summed E-state index contributed by atoms with van der Waals surface area (Å²) in [6.45, 7) is 1.09. The van der Waals surface area contributed by atoms with Crippen molar-refractivity contribution in [2.45, 2.75) is 25.7 Å². The Labute approximate surface area is 92.8 Å². The Kier molecular flexibility index (Phi) is 4.39. The molecule has 1 aromatic carbocycles. The predicted octanol–water partition coefficient (Wildman–Crippen LogP) is 4.02. The van der Waals surface area contributed by atoms with Crippen molar-refractivity contribution in [1.29, 1.82) is 0 Å². The SMILES string of the molecule is CSC(C)c1ccc(OC(F)F)c(C)c1. The molecule has 0 aliphatic heterocycles. The molecule has 0 bridgehead atoms. The Morgan fingerprint density at radius 3 is 2.47 bits per heavy atom. The second-order valence-electron chi connectivity index (χ2n) is 3.28. The average molecular weight is 232 g/mol. The van der Waals surface area contributed by atoms with Gasteiger partial charge in [0.1, 0.15) is 5.75 Å². The molecule has 1 nitrogen and oxygen atoms in total. The minimum atomic E-state index is -2.76. The topological polar surface area (TPSA) is 9.23 Å². The number of aryl methyl sites for hydroxylation is 1. The van der Waals surface area contributed by atoms with Gasteiger partial charge in [0.2, 0.25) is 0 Å². The summed E-state index contributed by atoms with van der Waals surface area (Å²) in [4.78, 5) is 0. The van der Waals surface area contributed by atoms with Gasteiger partial charge >= 0.3 is 6.61 Å². The van der Waals surface area contributed by atoms with Crippen molar-refractivity contribution in [3.8, 4) is 5.75 Å². The van der Waals surface area contributed by atoms with Crippen LogP contribution in [0.1, 0.15) is 23.3 Å². The van der Waals surface area contributed by atoms with Crippen LogP contribution in [-0.4, -0.2) is 12.9 Å². The molecule has 84 valence electrons. The highest BCUT2D eigenvalue weighted by Crippen LogP contribution is 2.29. The van der Waals surface area contributed by atoms with Crippen molar-refractivity contribution in [1.82, 2.24) is 0 Å². The van der Waals surface area contributed by atoms with Crippen LogP contribution < -0.4 is 4.74 Å². The van der Waals surface area contributed by atoms with Gasteiger partial charge in [0, 0.05) is 5.25 Å². The van der Waals surface area contributed by atoms with Crippen molar-refractivity contribution in [2.24, 2.45) is 0 Å². The number of halogens is 2. The lowest BCUT2D eigenvalue weighted by molar-refractivity contribution is -0.0503. The summed E-state index contributed by atoms with van der Waals surface area (Å²) in [5, 5.41) is 0.365. The Hall–Kier alpha value is -0.770. The van der Waals surface area contributed by atoms with Crippen LogP contribution in [0.3, 0.4) is 0 Å². The molecule has 0 spiro atoms. The number of thioether (sulfide) groups is 1. The van der Waals surface area contributed by atoms with Gasteiger partial charge in [-0.15, -0.1) is 0 Å². The molecule has 0 heterocycles. The first-order chi connectivity index (χ1) is 7.04. The van der Waals surface area contributed by atoms with Crippen molar-refractivity contribution < 1.29 is 13.5 Å². The third kappa shape index (κ3) is 3.38. The van der Waals surface area contributed by atoms with E-state index in [1.165, 1.54) is 0 Å². The largest absolute Gasteiger partial charge is 0.435 e. The minimum absolute atomic E-state index is 0.252. The zero-order valence-corrected chi connectivity index (χ0v) is 9.78. The molecule has 0 saturated carbocycles. The van der Waals surface area contributed by atoms with Crippen LogP contribution in [0.5, 0.6) is 5.75 Å². The van der Waals surface area contributed by atoms with Gasteiger partial charge in [0.05, 0.1) is 0 Å². The van der Waals surface area contributed by atoms with E-state index in [-0.39, 0.29) is 5.75 Å². The zero-order chi connectivity index (χ0) is 11.4. The molecular weight excluding hydrogens is 218 g/mol. The first-order valence-corrected chi connectivity index (χ1v) is 5.91. The molecule has 0 fully saturated rings. The fraction of sp³-hybridized carbons (Fsp3) is 0.455. The van der Waals surface area contributed by atoms with E-state index in [0.29, 0.717) is 5.25 Å². The molecule has 1 aromatic rings. The van der Waals surface area contributed by atoms with Crippen molar-refractivity contribution in [3.63, 3.8) is 0 Å². The van der Waals surface area contributed by atoms with Gasteiger partial charge in [0.15, 0.2) is 0 Å². The van der Waals surface area contributed by atoms with Gasteiger partial charge in [-0.2, -0.15) is 20.5 Å². The van der Waals surface area contributed by atoms with Crippen LogP contribution in [0.15, 0.2) is 18.2 Å². The highest BCUT2D eigenvalue weighted by molar-refractivity contribution is 7.98. The molecular formula is C11H14F2OS. The summed E-state index contributed by atoms with van der Waals surface area (Å²) >= 11 is 1.72. The van der Waals surface area contributed by atoms with Gasteiger partial charge in [0.25, 0.3) is 0 Å². The van der Waals surface area contributed by atoms with Crippen LogP contribution >= 0.6 is 11.8 Å². The van der Waals surface area contributed by atoms with Crippen LogP contribution in [-0.2, 0) is 0 Å². The first kappa shape index (κ1) is 12.3. The number of ether oxygens (including phenoxy) is 1. The minimum Gasteiger partial charge on any atom is -0.435 e. The van der Waals surface area contributed by atoms with E-state index in [0.717, 1.165) is 11.1 Å². The van der Waals surface area contributed by atoms with Crippen molar-refractivity contribution in [2.75, 3.05) is 6.26 Å². The molecule has 1 rings (SSSR count). The van der Waals surface area contributed by atoms with Gasteiger partial charge < -0.3 is 4.74 Å². The number of alkyl halides is 2. The smallest absolute Gasteiger partial charge is 0.387 e. The van der Waals surface area contributed by atoms with Crippen LogP contribution in [0.4, 0.5) is 8.78 Å². The molecule has 0 radical (unpaired) electrons. The normalized spacial score (nSPS) is 12.9. The standard InChI is InChI=1S/C11H14F2OS/c1-7-6-9(8(2)15-3)4-5-10(7)14-11(12)13/h4-6,8,11H,1-3H3. The summed E-state index contributed by atoms with van der Waals surface area (Å²) in [5.74, 6) is 0.252. The lowest BCUT2D eigenvalue weighted by atomic mass is 10.1. The Morgan fingerprint density at radius 1 is 1.33 bits per heavy atom. The lowest BCUT2D eigenvalue weighted by Crippen LogP contribution is -2.03. The highest BCUT2D eigenvalue weighted by atomic mass is 32.2. The fourth-order valence-electron chi connectivity index (χ4n) is 1.29. The maximum Gasteiger partial charge on any atom is 0.387 e. The molecule has 0 aliphatic carbocycles. The summed E-state index contributed by atoms with van der Waals surface area (Å²) in [5.41, 5.74) is 1.87. The van der Waals surface area contributed by atoms with E-state index < -0.39 is 6.61 Å². The second-order valence-corrected chi connectivity index (χ2v) is 4.46.